The van der Waals surface area contributed by atoms with E-state index >= 15 is 0 Å². The van der Waals surface area contributed by atoms with E-state index < -0.39 is 12.9 Å². The van der Waals surface area contributed by atoms with Gasteiger partial charge in [-0.25, -0.2) is 10.8 Å². The van der Waals surface area contributed by atoms with Gasteiger partial charge in [0.1, 0.15) is 48.8 Å². The number of hydrogen-bond donors (Lipinski definition) is 0. The summed E-state index contributed by atoms with van der Waals surface area (Å²) >= 11 is 22.4. The number of alkyl halides is 3. The topological polar surface area (TPSA) is 27.7 Å². The predicted octanol–water partition coefficient (Wildman–Crippen LogP) is 5.18. The van der Waals surface area contributed by atoms with Gasteiger partial charge in [-0.05, 0) is 0 Å². The second-order valence-corrected chi connectivity index (χ2v) is 6.12. The van der Waals surface area contributed by atoms with E-state index in [9.17, 15) is 0 Å². The summed E-state index contributed by atoms with van der Waals surface area (Å²) in [5, 5.41) is 0. The first kappa shape index (κ1) is 16.1. The van der Waals surface area contributed by atoms with Gasteiger partial charge in [0, 0.05) is 0 Å². The van der Waals surface area contributed by atoms with Crippen LogP contribution in [0.1, 0.15) is 0 Å². The first-order valence-corrected chi connectivity index (χ1v) is 6.01. The molecule has 0 amide bonds. The van der Waals surface area contributed by atoms with Crippen molar-refractivity contribution in [1.29, 1.82) is 0 Å². The van der Waals surface area contributed by atoms with Crippen molar-refractivity contribution < 1.29 is 10.8 Å². The van der Waals surface area contributed by atoms with E-state index in [4.69, 9.17) is 34.8 Å². The summed E-state index contributed by atoms with van der Waals surface area (Å²) in [6.07, 6.45) is 0. The fourth-order valence-electron chi connectivity index (χ4n) is 0.0319. The molecule has 0 fully saturated rings. The molecule has 0 bridgehead atoms. The Morgan fingerprint density at radius 1 is 0.909 bits per heavy atom. The minimum Gasteiger partial charge on any atom is -0.231 e. The Bertz CT molecular complexity index is 66.6. The molecule has 0 aliphatic rings. The highest BCUT2D eigenvalue weighted by Gasteiger charge is 2.06. The van der Waals surface area contributed by atoms with Crippen LogP contribution in [0.5, 0.6) is 0 Å². The predicted molar refractivity (Wildman–Crippen MR) is 58.3 cm³/mol. The lowest BCUT2D eigenvalue weighted by Gasteiger charge is -1.98. The van der Waals surface area contributed by atoms with Crippen molar-refractivity contribution in [3.8, 4) is 0 Å². The highest BCUT2D eigenvalue weighted by atomic mass is 79.9. The van der Waals surface area contributed by atoms with Gasteiger partial charge in [0.15, 0.2) is 4.30 Å². The summed E-state index contributed by atoms with van der Waals surface area (Å²) in [6, 6.07) is 0. The fourth-order valence-corrected chi connectivity index (χ4v) is 2.59. The molecule has 0 aliphatic heterocycles. The van der Waals surface area contributed by atoms with Crippen LogP contribution in [0, 0.1) is 0 Å². The van der Waals surface area contributed by atoms with Crippen molar-refractivity contribution in [3.05, 3.63) is 0 Å². The molecule has 11 heavy (non-hydrogen) atoms. The highest BCUT2D eigenvalue weighted by molar-refractivity contribution is 9.08. The van der Waals surface area contributed by atoms with Crippen LogP contribution in [0.4, 0.5) is 0 Å². The van der Waals surface area contributed by atoms with Crippen molar-refractivity contribution in [2.75, 3.05) is 0 Å². The van der Waals surface area contributed by atoms with E-state index in [0.717, 1.165) is 0 Å². The van der Waals surface area contributed by atoms with Gasteiger partial charge < -0.3 is 0 Å². The Morgan fingerprint density at radius 2 is 1.09 bits per heavy atom. The summed E-state index contributed by atoms with van der Waals surface area (Å²) in [5.41, 5.74) is 0. The number of halogens is 6. The maximum absolute atomic E-state index is 4.81. The molecule has 0 atom stereocenters. The van der Waals surface area contributed by atoms with Gasteiger partial charge >= 0.3 is 8.60 Å². The molecule has 0 spiro atoms. The Labute approximate surface area is 106 Å². The van der Waals surface area contributed by atoms with Gasteiger partial charge in [-0.1, -0.05) is 34.8 Å². The summed E-state index contributed by atoms with van der Waals surface area (Å²) in [7, 11) is -1.30. The second-order valence-electron chi connectivity index (χ2n) is 0.678. The van der Waals surface area contributed by atoms with Crippen molar-refractivity contribution in [3.63, 3.8) is 0 Å². The van der Waals surface area contributed by atoms with Crippen LogP contribution in [0.15, 0.2) is 0 Å². The molecule has 10 heteroatoms. The van der Waals surface area contributed by atoms with Crippen molar-refractivity contribution in [2.45, 2.75) is 4.30 Å². The lowest BCUT2D eigenvalue weighted by atomic mass is 11.9. The van der Waals surface area contributed by atoms with Crippen LogP contribution in [-0.4, -0.2) is 4.30 Å². The molecule has 0 aromatic carbocycles. The van der Waals surface area contributed by atoms with E-state index in [1.165, 1.54) is 0 Å². The van der Waals surface area contributed by atoms with E-state index in [-0.39, 0.29) is 0 Å². The fraction of sp³-hybridized carbons (Fsp3) is 1.00. The third kappa shape index (κ3) is 19.2. The maximum Gasteiger partial charge on any atom is 0.368 e. The van der Waals surface area contributed by atoms with E-state index in [1.807, 2.05) is 0 Å². The largest absolute Gasteiger partial charge is 0.368 e. The highest BCUT2D eigenvalue weighted by Crippen LogP contribution is 2.45. The summed E-state index contributed by atoms with van der Waals surface area (Å²) in [6.45, 7) is 0. The van der Waals surface area contributed by atoms with Crippen molar-refractivity contribution in [2.24, 2.45) is 0 Å². The molecule has 0 rings (SSSR count). The van der Waals surface area contributed by atoms with E-state index in [0.29, 0.717) is 0 Å². The molecule has 0 saturated carbocycles. The maximum atomic E-state index is 4.81. The molecule has 0 aromatic heterocycles. The van der Waals surface area contributed by atoms with E-state index in [2.05, 4.69) is 59.6 Å². The number of rotatable bonds is 3. The number of hydrogen-bond acceptors (Lipinski definition) is 3. The van der Waals surface area contributed by atoms with Crippen LogP contribution < -0.4 is 0 Å². The lowest BCUT2D eigenvalue weighted by molar-refractivity contribution is 0.501. The molecule has 0 aromatic rings. The molecular formula is CHBr3Cl3O3P. The quantitative estimate of drug-likeness (QED) is 0.449. The third-order valence-corrected chi connectivity index (χ3v) is 2.63. The minimum atomic E-state index is -1.30. The van der Waals surface area contributed by atoms with Crippen LogP contribution in [0.3, 0.4) is 0 Å². The lowest BCUT2D eigenvalue weighted by Crippen LogP contribution is -1.66. The van der Waals surface area contributed by atoms with Crippen LogP contribution in [0.25, 0.3) is 0 Å². The van der Waals surface area contributed by atoms with Gasteiger partial charge in [-0.2, -0.15) is 0 Å². The standard InChI is InChI=1S/CHCl3.Br3O3P/c2-1(3)4;1-4-7(5-2)6-3/h1H;. The van der Waals surface area contributed by atoms with Crippen LogP contribution >= 0.6 is 92.2 Å². The third-order valence-electron chi connectivity index (χ3n) is 0.169. The van der Waals surface area contributed by atoms with Gasteiger partial charge in [0.05, 0.1) is 0 Å². The molecule has 0 N–H and O–H groups in total. The Hall–Kier alpha value is 2.62. The zero-order chi connectivity index (χ0) is 9.28. The molecule has 0 saturated heterocycles. The van der Waals surface area contributed by atoms with Crippen LogP contribution in [-0.2, 0) is 10.8 Å². The Balaban J connectivity index is 0. The normalized spacial score (nSPS) is 9.82. The summed E-state index contributed by atoms with van der Waals surface area (Å²) in [4.78, 5) is 0. The molecular weight excluding hydrogens is 437 g/mol. The monoisotopic (exact) mass is 434 g/mol. The van der Waals surface area contributed by atoms with Gasteiger partial charge in [0.2, 0.25) is 0 Å². The zero-order valence-electron chi connectivity index (χ0n) is 4.52. The molecule has 70 valence electrons. The zero-order valence-corrected chi connectivity index (χ0v) is 12.4. The first-order chi connectivity index (χ1) is 5.08. The Morgan fingerprint density at radius 3 is 1.09 bits per heavy atom. The molecule has 0 unspecified atom stereocenters. The summed E-state index contributed by atoms with van der Waals surface area (Å²) in [5.74, 6) is 0. The molecule has 0 aliphatic carbocycles. The van der Waals surface area contributed by atoms with E-state index in [1.54, 1.807) is 0 Å². The summed E-state index contributed by atoms with van der Waals surface area (Å²) < 4.78 is 12.4. The molecule has 0 heterocycles. The SMILES string of the molecule is BrOP(OBr)OBr.ClC(Cl)Cl. The second kappa shape index (κ2) is 12.6. The smallest absolute Gasteiger partial charge is 0.231 e. The van der Waals surface area contributed by atoms with Gasteiger partial charge in [0.25, 0.3) is 0 Å². The van der Waals surface area contributed by atoms with Crippen molar-refractivity contribution in [1.82, 2.24) is 0 Å². The van der Waals surface area contributed by atoms with Gasteiger partial charge in [-0.15, -0.1) is 0 Å². The average Bonchev–Trinajstić information content (AvgIpc) is 1.90. The first-order valence-electron chi connectivity index (χ1n) is 1.67. The Kier molecular flexibility index (Phi) is 18.4. The van der Waals surface area contributed by atoms with Crippen LogP contribution in [0.2, 0.25) is 0 Å². The average molecular weight is 438 g/mol. The van der Waals surface area contributed by atoms with Crippen molar-refractivity contribution >= 4 is 92.2 Å². The molecule has 3 nitrogen and oxygen atoms in total. The van der Waals surface area contributed by atoms with Gasteiger partial charge in [-0.3, -0.25) is 0 Å². The minimum absolute atomic E-state index is 0.750. The molecule has 0 radical (unpaired) electrons.